The Bertz CT molecular complexity index is 80.2. The highest BCUT2D eigenvalue weighted by atomic mass is 16.3. The summed E-state index contributed by atoms with van der Waals surface area (Å²) in [5.74, 6) is 1.88. The van der Waals surface area contributed by atoms with Crippen LogP contribution < -0.4 is 0 Å². The van der Waals surface area contributed by atoms with E-state index in [0.717, 1.165) is 24.7 Å². The van der Waals surface area contributed by atoms with Crippen LogP contribution in [0.2, 0.25) is 0 Å². The van der Waals surface area contributed by atoms with Gasteiger partial charge in [-0.2, -0.15) is 0 Å². The van der Waals surface area contributed by atoms with E-state index < -0.39 is 0 Å². The molecule has 2 aliphatic rings. The number of hydrogen-bond donors (Lipinski definition) is 1. The van der Waals surface area contributed by atoms with Gasteiger partial charge in [0.2, 0.25) is 0 Å². The maximum absolute atomic E-state index is 8.93. The molecule has 1 nitrogen and oxygen atoms in total. The van der Waals surface area contributed by atoms with E-state index in [4.69, 9.17) is 5.11 Å². The van der Waals surface area contributed by atoms with Crippen LogP contribution in [-0.2, 0) is 0 Å². The second-order valence-electron chi connectivity index (χ2n) is 2.88. The minimum atomic E-state index is 0.0729. The number of aliphatic hydroxyl groups excluding tert-OH is 1. The van der Waals surface area contributed by atoms with Gasteiger partial charge < -0.3 is 5.11 Å². The molecule has 2 rings (SSSR count). The monoisotopic (exact) mass is 98.1 g/mol. The molecule has 2 saturated carbocycles. The third kappa shape index (κ3) is 0.480. The van der Waals surface area contributed by atoms with Crippen LogP contribution in [0.4, 0.5) is 0 Å². The van der Waals surface area contributed by atoms with Crippen LogP contribution >= 0.6 is 0 Å². The molecule has 2 aliphatic carbocycles. The van der Waals surface area contributed by atoms with Gasteiger partial charge in [0.15, 0.2) is 0 Å². The third-order valence-electron chi connectivity index (χ3n) is 2.22. The van der Waals surface area contributed by atoms with Crippen molar-refractivity contribution in [2.24, 2.45) is 11.8 Å². The summed E-state index contributed by atoms with van der Waals surface area (Å²) in [6, 6.07) is 0. The van der Waals surface area contributed by atoms with Crippen molar-refractivity contribution in [1.82, 2.24) is 0 Å². The lowest BCUT2D eigenvalue weighted by molar-refractivity contribution is 0.168. The summed E-state index contributed by atoms with van der Waals surface area (Å²) in [7, 11) is 0. The first-order valence-electron chi connectivity index (χ1n) is 3.04. The SMILES string of the molecule is OC1C[C@@H]2C[C@H]2C1. The van der Waals surface area contributed by atoms with E-state index >= 15 is 0 Å². The molecule has 0 heterocycles. The molecule has 0 aromatic heterocycles. The molecule has 0 bridgehead atoms. The fraction of sp³-hybridized carbons (Fsp3) is 1.00. The second kappa shape index (κ2) is 1.03. The molecule has 1 N–H and O–H groups in total. The summed E-state index contributed by atoms with van der Waals surface area (Å²) >= 11 is 0. The van der Waals surface area contributed by atoms with E-state index in [9.17, 15) is 0 Å². The Labute approximate surface area is 43.3 Å². The molecule has 0 radical (unpaired) electrons. The van der Waals surface area contributed by atoms with Crippen LogP contribution in [0.1, 0.15) is 19.3 Å². The molecule has 0 unspecified atom stereocenters. The summed E-state index contributed by atoms with van der Waals surface area (Å²) in [6.07, 6.45) is 3.69. The molecular formula is C6H10O. The van der Waals surface area contributed by atoms with Gasteiger partial charge in [0.1, 0.15) is 0 Å². The van der Waals surface area contributed by atoms with Gasteiger partial charge in [0.25, 0.3) is 0 Å². The number of rotatable bonds is 0. The largest absolute Gasteiger partial charge is 0.393 e. The van der Waals surface area contributed by atoms with Crippen LogP contribution in [0.3, 0.4) is 0 Å². The second-order valence-corrected chi connectivity index (χ2v) is 2.88. The number of aliphatic hydroxyl groups is 1. The first-order valence-corrected chi connectivity index (χ1v) is 3.04. The van der Waals surface area contributed by atoms with E-state index in [1.807, 2.05) is 0 Å². The first kappa shape index (κ1) is 3.90. The number of hydrogen-bond acceptors (Lipinski definition) is 1. The van der Waals surface area contributed by atoms with Gasteiger partial charge in [0, 0.05) is 0 Å². The molecule has 0 aromatic rings. The quantitative estimate of drug-likeness (QED) is 0.474. The highest BCUT2D eigenvalue weighted by Gasteiger charge is 2.44. The Morgan fingerprint density at radius 2 is 1.57 bits per heavy atom. The zero-order valence-corrected chi connectivity index (χ0v) is 4.30. The topological polar surface area (TPSA) is 20.2 Å². The van der Waals surface area contributed by atoms with Crippen molar-refractivity contribution < 1.29 is 5.11 Å². The van der Waals surface area contributed by atoms with Crippen molar-refractivity contribution >= 4 is 0 Å². The van der Waals surface area contributed by atoms with Gasteiger partial charge >= 0.3 is 0 Å². The van der Waals surface area contributed by atoms with Gasteiger partial charge in [-0.25, -0.2) is 0 Å². The summed E-state index contributed by atoms with van der Waals surface area (Å²) < 4.78 is 0. The Morgan fingerprint density at radius 1 is 1.00 bits per heavy atom. The van der Waals surface area contributed by atoms with Crippen molar-refractivity contribution in [1.29, 1.82) is 0 Å². The molecular weight excluding hydrogens is 88.1 g/mol. The van der Waals surface area contributed by atoms with E-state index in [1.165, 1.54) is 6.42 Å². The summed E-state index contributed by atoms with van der Waals surface area (Å²) in [5, 5.41) is 8.93. The van der Waals surface area contributed by atoms with E-state index in [1.54, 1.807) is 0 Å². The van der Waals surface area contributed by atoms with Gasteiger partial charge in [-0.1, -0.05) is 0 Å². The van der Waals surface area contributed by atoms with Gasteiger partial charge in [-0.3, -0.25) is 0 Å². The normalized spacial score (nSPS) is 49.3. The van der Waals surface area contributed by atoms with E-state index in [0.29, 0.717) is 0 Å². The van der Waals surface area contributed by atoms with Crippen LogP contribution in [0.5, 0.6) is 0 Å². The predicted octanol–water partition coefficient (Wildman–Crippen LogP) is 0.777. The van der Waals surface area contributed by atoms with Crippen molar-refractivity contribution in [3.05, 3.63) is 0 Å². The number of fused-ring (bicyclic) bond motifs is 1. The third-order valence-corrected chi connectivity index (χ3v) is 2.22. The molecule has 0 amide bonds. The lowest BCUT2D eigenvalue weighted by Gasteiger charge is -1.98. The van der Waals surface area contributed by atoms with Crippen LogP contribution in [0.15, 0.2) is 0 Å². The summed E-state index contributed by atoms with van der Waals surface area (Å²) in [4.78, 5) is 0. The highest BCUT2D eigenvalue weighted by Crippen LogP contribution is 2.51. The fourth-order valence-electron chi connectivity index (χ4n) is 1.68. The molecule has 1 heteroatoms. The molecule has 0 aliphatic heterocycles. The summed E-state index contributed by atoms with van der Waals surface area (Å²) in [5.41, 5.74) is 0. The fourth-order valence-corrected chi connectivity index (χ4v) is 1.68. The Kier molecular flexibility index (Phi) is 0.571. The average molecular weight is 98.1 g/mol. The molecule has 2 atom stereocenters. The molecule has 7 heavy (non-hydrogen) atoms. The lowest BCUT2D eigenvalue weighted by Crippen LogP contribution is -2.00. The smallest absolute Gasteiger partial charge is 0.0545 e. The van der Waals surface area contributed by atoms with Crippen LogP contribution in [0, 0.1) is 11.8 Å². The molecule has 2 fully saturated rings. The molecule has 0 spiro atoms. The first-order chi connectivity index (χ1) is 3.36. The van der Waals surface area contributed by atoms with Crippen molar-refractivity contribution in [2.75, 3.05) is 0 Å². The predicted molar refractivity (Wildman–Crippen MR) is 26.8 cm³/mol. The molecule has 40 valence electrons. The van der Waals surface area contributed by atoms with Crippen molar-refractivity contribution in [3.63, 3.8) is 0 Å². The zero-order valence-electron chi connectivity index (χ0n) is 4.30. The zero-order chi connectivity index (χ0) is 4.85. The molecule has 0 saturated heterocycles. The van der Waals surface area contributed by atoms with Crippen LogP contribution in [-0.4, -0.2) is 11.2 Å². The Balaban J connectivity index is 2.02. The van der Waals surface area contributed by atoms with Gasteiger partial charge in [0.05, 0.1) is 6.10 Å². The average Bonchev–Trinajstić information content (AvgIpc) is 2.15. The van der Waals surface area contributed by atoms with Crippen molar-refractivity contribution in [3.8, 4) is 0 Å². The Hall–Kier alpha value is -0.0400. The highest BCUT2D eigenvalue weighted by molar-refractivity contribution is 4.95. The van der Waals surface area contributed by atoms with E-state index in [-0.39, 0.29) is 6.10 Å². The maximum Gasteiger partial charge on any atom is 0.0545 e. The standard InChI is InChI=1S/C6H10O/c7-6-2-4-1-5(4)3-6/h4-7H,1-3H2/t4-,5-/m0/s1. The molecule has 0 aromatic carbocycles. The van der Waals surface area contributed by atoms with E-state index in [2.05, 4.69) is 0 Å². The van der Waals surface area contributed by atoms with Gasteiger partial charge in [-0.15, -0.1) is 0 Å². The van der Waals surface area contributed by atoms with Crippen molar-refractivity contribution in [2.45, 2.75) is 25.4 Å². The minimum absolute atomic E-state index is 0.0729. The maximum atomic E-state index is 8.93. The van der Waals surface area contributed by atoms with Gasteiger partial charge in [-0.05, 0) is 31.1 Å². The lowest BCUT2D eigenvalue weighted by atomic mass is 10.2. The minimum Gasteiger partial charge on any atom is -0.393 e. The Morgan fingerprint density at radius 3 is 1.86 bits per heavy atom. The van der Waals surface area contributed by atoms with Crippen LogP contribution in [0.25, 0.3) is 0 Å². The summed E-state index contributed by atoms with van der Waals surface area (Å²) in [6.45, 7) is 0.